The maximum absolute atomic E-state index is 12.0. The molecule has 0 atom stereocenters. The normalized spacial score (nSPS) is 15.0. The molecular formula is C17H23N3O2S. The molecule has 124 valence electrons. The number of hydrogen-bond acceptors (Lipinski definition) is 5. The highest BCUT2D eigenvalue weighted by Gasteiger charge is 2.23. The summed E-state index contributed by atoms with van der Waals surface area (Å²) >= 11 is 1.73. The quantitative estimate of drug-likeness (QED) is 0.867. The molecule has 1 fully saturated rings. The third-order valence-electron chi connectivity index (χ3n) is 4.48. The van der Waals surface area contributed by atoms with E-state index in [1.165, 1.54) is 31.2 Å². The van der Waals surface area contributed by atoms with Gasteiger partial charge in [-0.1, -0.05) is 0 Å². The lowest BCUT2D eigenvalue weighted by Crippen LogP contribution is -2.29. The number of carbonyl (C=O) groups is 1. The Balaban J connectivity index is 1.99. The van der Waals surface area contributed by atoms with Gasteiger partial charge in [-0.05, 0) is 45.6 Å². The van der Waals surface area contributed by atoms with Crippen LogP contribution in [-0.2, 0) is 4.74 Å². The van der Waals surface area contributed by atoms with Crippen LogP contribution in [-0.4, -0.2) is 36.1 Å². The van der Waals surface area contributed by atoms with Crippen molar-refractivity contribution in [2.45, 2.75) is 40.0 Å². The molecule has 0 saturated carbocycles. The molecule has 23 heavy (non-hydrogen) atoms. The summed E-state index contributed by atoms with van der Waals surface area (Å²) in [5.41, 5.74) is 4.24. The Bertz CT molecular complexity index is 727. The van der Waals surface area contributed by atoms with Gasteiger partial charge in [0.05, 0.1) is 18.4 Å². The number of aromatic nitrogens is 2. The molecule has 0 bridgehead atoms. The van der Waals surface area contributed by atoms with Gasteiger partial charge in [0.1, 0.15) is 5.69 Å². The molecule has 5 nitrogen and oxygen atoms in total. The lowest BCUT2D eigenvalue weighted by Gasteiger charge is -2.25. The van der Waals surface area contributed by atoms with E-state index in [2.05, 4.69) is 16.8 Å². The van der Waals surface area contributed by atoms with Gasteiger partial charge in [0.2, 0.25) is 0 Å². The number of methoxy groups -OCH3 is 1. The van der Waals surface area contributed by atoms with Gasteiger partial charge in [0, 0.05) is 23.7 Å². The van der Waals surface area contributed by atoms with Gasteiger partial charge in [0.15, 0.2) is 5.13 Å². The van der Waals surface area contributed by atoms with Crippen molar-refractivity contribution in [1.29, 1.82) is 0 Å². The average Bonchev–Trinajstić information content (AvgIpc) is 3.07. The van der Waals surface area contributed by atoms with Crippen molar-refractivity contribution in [2.75, 3.05) is 25.1 Å². The number of aryl methyl sites for hydroxylation is 2. The van der Waals surface area contributed by atoms with E-state index in [9.17, 15) is 4.79 Å². The predicted molar refractivity (Wildman–Crippen MR) is 93.5 cm³/mol. The van der Waals surface area contributed by atoms with Gasteiger partial charge in [-0.2, -0.15) is 0 Å². The zero-order valence-electron chi connectivity index (χ0n) is 14.2. The summed E-state index contributed by atoms with van der Waals surface area (Å²) in [5.74, 6) is -0.299. The fraction of sp³-hybridized carbons (Fsp3) is 0.529. The number of piperidine rings is 1. The van der Waals surface area contributed by atoms with Gasteiger partial charge in [0.25, 0.3) is 0 Å². The summed E-state index contributed by atoms with van der Waals surface area (Å²) in [4.78, 5) is 23.7. The molecule has 0 unspecified atom stereocenters. The summed E-state index contributed by atoms with van der Waals surface area (Å²) in [7, 11) is 1.41. The summed E-state index contributed by atoms with van der Waals surface area (Å²) < 4.78 is 4.89. The van der Waals surface area contributed by atoms with Crippen LogP contribution >= 0.6 is 11.3 Å². The molecule has 3 rings (SSSR count). The number of anilines is 1. The summed E-state index contributed by atoms with van der Waals surface area (Å²) in [5, 5.41) is 1.09. The Labute approximate surface area is 140 Å². The maximum Gasteiger partial charge on any atom is 0.339 e. The fourth-order valence-corrected chi connectivity index (χ4v) is 4.20. The second kappa shape index (κ2) is 6.35. The van der Waals surface area contributed by atoms with Crippen LogP contribution in [0.3, 0.4) is 0 Å². The maximum atomic E-state index is 12.0. The third kappa shape index (κ3) is 2.87. The zero-order chi connectivity index (χ0) is 16.6. The van der Waals surface area contributed by atoms with Crippen molar-refractivity contribution in [3.63, 3.8) is 0 Å². The number of ether oxygens (including phenoxy) is 1. The van der Waals surface area contributed by atoms with E-state index >= 15 is 0 Å². The first kappa shape index (κ1) is 16.1. The molecule has 2 aromatic rings. The largest absolute Gasteiger partial charge is 0.465 e. The lowest BCUT2D eigenvalue weighted by atomic mass is 10.1. The van der Waals surface area contributed by atoms with Crippen LogP contribution in [0.2, 0.25) is 0 Å². The van der Waals surface area contributed by atoms with Gasteiger partial charge in [-0.3, -0.25) is 0 Å². The van der Waals surface area contributed by atoms with Gasteiger partial charge < -0.3 is 14.6 Å². The number of nitrogens with one attached hydrogen (secondary N) is 1. The topological polar surface area (TPSA) is 58.2 Å². The summed E-state index contributed by atoms with van der Waals surface area (Å²) in [6, 6.07) is 0. The number of carbonyl (C=O) groups excluding carboxylic acids is 1. The minimum atomic E-state index is -0.299. The molecule has 1 saturated heterocycles. The monoisotopic (exact) mass is 333 g/mol. The van der Waals surface area contributed by atoms with Crippen molar-refractivity contribution in [1.82, 2.24) is 9.97 Å². The number of nitrogens with zero attached hydrogens (tertiary/aromatic N) is 2. The minimum absolute atomic E-state index is 0.299. The second-order valence-electron chi connectivity index (χ2n) is 6.07. The van der Waals surface area contributed by atoms with Gasteiger partial charge in [-0.15, -0.1) is 11.3 Å². The molecule has 0 radical (unpaired) electrons. The highest BCUT2D eigenvalue weighted by Crippen LogP contribution is 2.36. The molecule has 1 N–H and O–H groups in total. The van der Waals surface area contributed by atoms with Crippen LogP contribution in [0.1, 0.15) is 45.8 Å². The first-order valence-electron chi connectivity index (χ1n) is 8.03. The van der Waals surface area contributed by atoms with Crippen LogP contribution in [0, 0.1) is 20.8 Å². The minimum Gasteiger partial charge on any atom is -0.465 e. The standard InChI is InChI=1S/C17H23N3O2S/c1-10-13(16(21)22-4)11(2)18-14(10)15-12(3)23-17(19-15)20-8-6-5-7-9-20/h18H,5-9H2,1-4H3. The van der Waals surface area contributed by atoms with Crippen molar-refractivity contribution in [3.8, 4) is 11.4 Å². The van der Waals surface area contributed by atoms with Gasteiger partial charge in [-0.25, -0.2) is 9.78 Å². The number of aromatic amines is 1. The van der Waals surface area contributed by atoms with Gasteiger partial charge >= 0.3 is 5.97 Å². The third-order valence-corrected chi connectivity index (χ3v) is 5.51. The zero-order valence-corrected chi connectivity index (χ0v) is 15.0. The predicted octanol–water partition coefficient (Wildman–Crippen LogP) is 3.84. The molecule has 1 aliphatic rings. The summed E-state index contributed by atoms with van der Waals surface area (Å²) in [6.07, 6.45) is 3.79. The average molecular weight is 333 g/mol. The Kier molecular flexibility index (Phi) is 4.43. The molecule has 1 aliphatic heterocycles. The SMILES string of the molecule is COC(=O)c1c(C)[nH]c(-c2nc(N3CCCCC3)sc2C)c1C. The van der Waals surface area contributed by atoms with Crippen LogP contribution in [0.5, 0.6) is 0 Å². The number of esters is 1. The first-order valence-corrected chi connectivity index (χ1v) is 8.84. The Morgan fingerprint density at radius 1 is 1.22 bits per heavy atom. The Hall–Kier alpha value is -1.82. The number of hydrogen-bond donors (Lipinski definition) is 1. The smallest absolute Gasteiger partial charge is 0.339 e. The molecular weight excluding hydrogens is 310 g/mol. The molecule has 2 aromatic heterocycles. The van der Waals surface area contributed by atoms with E-state index in [-0.39, 0.29) is 5.97 Å². The van der Waals surface area contributed by atoms with Crippen LogP contribution in [0.4, 0.5) is 5.13 Å². The second-order valence-corrected chi connectivity index (χ2v) is 7.25. The Morgan fingerprint density at radius 3 is 2.57 bits per heavy atom. The van der Waals surface area contributed by atoms with Crippen molar-refractivity contribution >= 4 is 22.4 Å². The van der Waals surface area contributed by atoms with Crippen LogP contribution < -0.4 is 4.90 Å². The van der Waals surface area contributed by atoms with Crippen LogP contribution in [0.25, 0.3) is 11.4 Å². The van der Waals surface area contributed by atoms with E-state index in [4.69, 9.17) is 9.72 Å². The fourth-order valence-electron chi connectivity index (χ4n) is 3.23. The lowest BCUT2D eigenvalue weighted by molar-refractivity contribution is 0.0599. The molecule has 6 heteroatoms. The van der Waals surface area contributed by atoms with Crippen LogP contribution in [0.15, 0.2) is 0 Å². The van der Waals surface area contributed by atoms with E-state index < -0.39 is 0 Å². The highest BCUT2D eigenvalue weighted by atomic mass is 32.1. The van der Waals surface area contributed by atoms with Crippen molar-refractivity contribution < 1.29 is 9.53 Å². The van der Waals surface area contributed by atoms with Crippen molar-refractivity contribution in [3.05, 3.63) is 21.7 Å². The summed E-state index contributed by atoms with van der Waals surface area (Å²) in [6.45, 7) is 8.11. The van der Waals surface area contributed by atoms with E-state index in [0.717, 1.165) is 40.9 Å². The highest BCUT2D eigenvalue weighted by molar-refractivity contribution is 7.16. The molecule has 0 spiro atoms. The van der Waals surface area contributed by atoms with E-state index in [1.807, 2.05) is 13.8 Å². The molecule has 0 aliphatic carbocycles. The number of thiazole rings is 1. The number of H-pyrrole nitrogens is 1. The van der Waals surface area contributed by atoms with Crippen molar-refractivity contribution in [2.24, 2.45) is 0 Å². The number of rotatable bonds is 3. The molecule has 0 aromatic carbocycles. The molecule has 0 amide bonds. The Morgan fingerprint density at radius 2 is 1.91 bits per heavy atom. The first-order chi connectivity index (χ1) is 11.0. The molecule has 3 heterocycles. The van der Waals surface area contributed by atoms with E-state index in [1.54, 1.807) is 11.3 Å². The van der Waals surface area contributed by atoms with E-state index in [0.29, 0.717) is 5.56 Å².